The van der Waals surface area contributed by atoms with Gasteiger partial charge in [-0.25, -0.2) is 4.79 Å². The van der Waals surface area contributed by atoms with E-state index in [9.17, 15) is 19.8 Å². The van der Waals surface area contributed by atoms with Crippen LogP contribution in [0.25, 0.3) is 0 Å². The Morgan fingerprint density at radius 1 is 1.19 bits per heavy atom. The molecule has 4 rings (SSSR count). The minimum Gasteiger partial charge on any atom is -0.391 e. The topological polar surface area (TPSA) is 96.3 Å². The van der Waals surface area contributed by atoms with Gasteiger partial charge in [-0.05, 0) is 56.3 Å². The number of piperazine rings is 1. The van der Waals surface area contributed by atoms with Crippen molar-refractivity contribution in [2.45, 2.75) is 44.4 Å². The lowest BCUT2D eigenvalue weighted by Gasteiger charge is -2.41. The molecule has 0 radical (unpaired) electrons. The fourth-order valence-corrected chi connectivity index (χ4v) is 5.05. The highest BCUT2D eigenvalue weighted by atomic mass is 35.5. The molecule has 3 aliphatic rings. The maximum absolute atomic E-state index is 12.9. The lowest BCUT2D eigenvalue weighted by Crippen LogP contribution is -2.60. The molecule has 1 aromatic rings. The van der Waals surface area contributed by atoms with Gasteiger partial charge in [0.25, 0.3) is 0 Å². The van der Waals surface area contributed by atoms with E-state index in [1.54, 1.807) is 30.0 Å². The third-order valence-corrected chi connectivity index (χ3v) is 7.77. The molecule has 1 aliphatic carbocycles. The number of carbonyl (C=O) groups excluding carboxylic acids is 2. The molecule has 3 fully saturated rings. The summed E-state index contributed by atoms with van der Waals surface area (Å²) in [4.78, 5) is 30.7. The van der Waals surface area contributed by atoms with E-state index < -0.39 is 12.1 Å². The summed E-state index contributed by atoms with van der Waals surface area (Å²) in [5, 5.41) is 24.4. The number of halogens is 2. The molecule has 0 bridgehead atoms. The highest BCUT2D eigenvalue weighted by Gasteiger charge is 2.51. The van der Waals surface area contributed by atoms with E-state index in [0.29, 0.717) is 41.9 Å². The molecule has 2 heterocycles. The lowest BCUT2D eigenvalue weighted by molar-refractivity contribution is -0.141. The minimum absolute atomic E-state index is 0.126. The number of hydrogen-bond donors (Lipinski definition) is 3. The van der Waals surface area contributed by atoms with Crippen LogP contribution in [0.1, 0.15) is 26.2 Å². The Morgan fingerprint density at radius 2 is 1.94 bits per heavy atom. The molecule has 8 nitrogen and oxygen atoms in total. The molecule has 176 valence electrons. The summed E-state index contributed by atoms with van der Waals surface area (Å²) < 4.78 is 0. The van der Waals surface area contributed by atoms with Crippen LogP contribution in [0.5, 0.6) is 0 Å². The van der Waals surface area contributed by atoms with Crippen LogP contribution >= 0.6 is 23.2 Å². The van der Waals surface area contributed by atoms with Crippen molar-refractivity contribution in [3.05, 3.63) is 28.2 Å². The van der Waals surface area contributed by atoms with Crippen LogP contribution in [0.2, 0.25) is 10.0 Å². The molecule has 2 aliphatic heterocycles. The first-order chi connectivity index (χ1) is 15.2. The lowest BCUT2D eigenvalue weighted by atomic mass is 9.90. The van der Waals surface area contributed by atoms with Crippen LogP contribution in [0.15, 0.2) is 18.2 Å². The van der Waals surface area contributed by atoms with Gasteiger partial charge in [0.05, 0.1) is 22.3 Å². The number of aliphatic hydroxyl groups excluding tert-OH is 2. The number of nitrogens with zero attached hydrogens (tertiary/aromatic N) is 3. The number of β-amino-alcohol motifs (C(OH)–C–C–N with tert-alkyl or cyclic N) is 2. The summed E-state index contributed by atoms with van der Waals surface area (Å²) in [7, 11) is 0. The number of aliphatic hydroxyl groups is 2. The van der Waals surface area contributed by atoms with E-state index in [0.717, 1.165) is 25.8 Å². The number of piperidine rings is 1. The molecule has 1 aromatic carbocycles. The largest absolute Gasteiger partial charge is 0.391 e. The third-order valence-electron chi connectivity index (χ3n) is 7.04. The van der Waals surface area contributed by atoms with Crippen molar-refractivity contribution in [3.8, 4) is 0 Å². The molecule has 32 heavy (non-hydrogen) atoms. The number of rotatable bonds is 5. The second-order valence-electron chi connectivity index (χ2n) is 9.25. The van der Waals surface area contributed by atoms with Gasteiger partial charge in [-0.1, -0.05) is 23.2 Å². The van der Waals surface area contributed by atoms with Crippen molar-refractivity contribution in [2.75, 3.05) is 44.6 Å². The first-order valence-electron chi connectivity index (χ1n) is 11.1. The van der Waals surface area contributed by atoms with Gasteiger partial charge in [0.2, 0.25) is 5.91 Å². The average Bonchev–Trinajstić information content (AvgIpc) is 3.52. The highest BCUT2D eigenvalue weighted by Crippen LogP contribution is 2.53. The van der Waals surface area contributed by atoms with Crippen molar-refractivity contribution in [1.82, 2.24) is 14.7 Å². The predicted molar refractivity (Wildman–Crippen MR) is 123 cm³/mol. The van der Waals surface area contributed by atoms with Crippen molar-refractivity contribution >= 4 is 40.8 Å². The van der Waals surface area contributed by atoms with Gasteiger partial charge >= 0.3 is 6.03 Å². The molecule has 0 aromatic heterocycles. The summed E-state index contributed by atoms with van der Waals surface area (Å²) in [6.07, 6.45) is 2.12. The first-order valence-corrected chi connectivity index (χ1v) is 11.8. The van der Waals surface area contributed by atoms with Gasteiger partial charge in [-0.3, -0.25) is 9.69 Å². The van der Waals surface area contributed by atoms with E-state index in [1.807, 2.05) is 0 Å². The Hall–Kier alpha value is -1.58. The zero-order chi connectivity index (χ0) is 23.0. The van der Waals surface area contributed by atoms with E-state index in [-0.39, 0.29) is 30.0 Å². The average molecular weight is 485 g/mol. The maximum Gasteiger partial charge on any atom is 0.322 e. The normalized spacial score (nSPS) is 26.3. The summed E-state index contributed by atoms with van der Waals surface area (Å²) in [6.45, 7) is 4.46. The zero-order valence-corrected chi connectivity index (χ0v) is 19.6. The molecule has 0 unspecified atom stereocenters. The van der Waals surface area contributed by atoms with Crippen molar-refractivity contribution in [2.24, 2.45) is 5.41 Å². The number of carbonyl (C=O) groups is 2. The first kappa shape index (κ1) is 23.6. The number of anilines is 1. The smallest absolute Gasteiger partial charge is 0.322 e. The Morgan fingerprint density at radius 3 is 2.59 bits per heavy atom. The molecule has 3 N–H and O–H groups in total. The number of benzene rings is 1. The van der Waals surface area contributed by atoms with Crippen molar-refractivity contribution in [3.63, 3.8) is 0 Å². The fourth-order valence-electron chi connectivity index (χ4n) is 4.75. The van der Waals surface area contributed by atoms with Gasteiger partial charge in [0, 0.05) is 38.4 Å². The molecular formula is C22H30Cl2N4O4. The molecular weight excluding hydrogens is 455 g/mol. The number of amides is 3. The molecule has 1 spiro atoms. The van der Waals surface area contributed by atoms with E-state index in [4.69, 9.17) is 23.2 Å². The van der Waals surface area contributed by atoms with Gasteiger partial charge in [0.15, 0.2) is 0 Å². The second kappa shape index (κ2) is 9.35. The summed E-state index contributed by atoms with van der Waals surface area (Å²) in [5.74, 6) is -0.199. The molecule has 3 amide bonds. The number of likely N-dealkylation sites (tertiary alicyclic amines) is 1. The van der Waals surface area contributed by atoms with Gasteiger partial charge < -0.3 is 25.3 Å². The minimum atomic E-state index is -0.705. The van der Waals surface area contributed by atoms with Crippen LogP contribution in [-0.4, -0.2) is 94.4 Å². The standard InChI is InChI=1S/C22H30Cl2N4O4/c1-14-20(31)27(12-16(29)11-26-7-6-22(4-5-22)19(30)13-26)8-9-28(14)21(32)25-15-2-3-17(23)18(24)10-15/h2-3,10,14,16,19,29-30H,4-9,11-13H2,1H3,(H,25,32)/t14-,16+,19+/m0/s1. The molecule has 10 heteroatoms. The number of nitrogens with one attached hydrogen (secondary N) is 1. The second-order valence-corrected chi connectivity index (χ2v) is 10.1. The van der Waals surface area contributed by atoms with Gasteiger partial charge in [-0.2, -0.15) is 0 Å². The van der Waals surface area contributed by atoms with E-state index >= 15 is 0 Å². The third kappa shape index (κ3) is 4.99. The maximum atomic E-state index is 12.9. The Bertz CT molecular complexity index is 881. The molecule has 1 saturated carbocycles. The predicted octanol–water partition coefficient (Wildman–Crippen LogP) is 2.27. The Kier molecular flexibility index (Phi) is 6.89. The summed E-state index contributed by atoms with van der Waals surface area (Å²) >= 11 is 11.9. The van der Waals surface area contributed by atoms with Crippen LogP contribution < -0.4 is 5.32 Å². The van der Waals surface area contributed by atoms with Crippen molar-refractivity contribution < 1.29 is 19.8 Å². The quantitative estimate of drug-likeness (QED) is 0.595. The summed E-state index contributed by atoms with van der Waals surface area (Å²) in [6, 6.07) is 3.77. The number of urea groups is 1. The summed E-state index contributed by atoms with van der Waals surface area (Å²) in [5.41, 5.74) is 0.625. The van der Waals surface area contributed by atoms with Gasteiger partial charge in [-0.15, -0.1) is 0 Å². The van der Waals surface area contributed by atoms with Crippen LogP contribution in [0.4, 0.5) is 10.5 Å². The highest BCUT2D eigenvalue weighted by molar-refractivity contribution is 6.42. The Balaban J connectivity index is 1.27. The van der Waals surface area contributed by atoms with Gasteiger partial charge in [0.1, 0.15) is 6.04 Å². The SMILES string of the molecule is C[C@H]1C(=O)N(C[C@H](O)CN2CCC3(CC3)[C@H](O)C2)CCN1C(=O)Nc1ccc(Cl)c(Cl)c1. The fraction of sp³-hybridized carbons (Fsp3) is 0.636. The van der Waals surface area contributed by atoms with Crippen LogP contribution in [0.3, 0.4) is 0 Å². The van der Waals surface area contributed by atoms with E-state index in [1.165, 1.54) is 4.90 Å². The zero-order valence-electron chi connectivity index (χ0n) is 18.1. The van der Waals surface area contributed by atoms with E-state index in [2.05, 4.69) is 10.2 Å². The molecule has 2 saturated heterocycles. The van der Waals surface area contributed by atoms with Crippen LogP contribution in [0, 0.1) is 5.41 Å². The number of hydrogen-bond acceptors (Lipinski definition) is 5. The van der Waals surface area contributed by atoms with Crippen LogP contribution in [-0.2, 0) is 4.79 Å². The monoisotopic (exact) mass is 484 g/mol. The Labute approximate surface area is 198 Å². The molecule has 3 atom stereocenters. The van der Waals surface area contributed by atoms with Crippen molar-refractivity contribution in [1.29, 1.82) is 0 Å².